The molecule has 0 radical (unpaired) electrons. The zero-order valence-electron chi connectivity index (χ0n) is 12.9. The molecule has 1 amide bonds. The molecule has 0 aliphatic carbocycles. The Morgan fingerprint density at radius 1 is 1.13 bits per heavy atom. The van der Waals surface area contributed by atoms with E-state index < -0.39 is 0 Å². The van der Waals surface area contributed by atoms with E-state index in [1.54, 1.807) is 24.4 Å². The number of hydrazone groups is 1. The highest BCUT2D eigenvalue weighted by Gasteiger charge is 2.15. The maximum absolute atomic E-state index is 12.1. The number of hydrogen-bond acceptors (Lipinski definition) is 5. The molecule has 0 atom stereocenters. The van der Waals surface area contributed by atoms with Crippen LogP contribution >= 0.6 is 0 Å². The zero-order valence-corrected chi connectivity index (χ0v) is 12.9. The Morgan fingerprint density at radius 3 is 2.61 bits per heavy atom. The molecule has 6 heteroatoms. The van der Waals surface area contributed by atoms with Crippen molar-refractivity contribution in [2.75, 3.05) is 25.8 Å². The van der Waals surface area contributed by atoms with Crippen LogP contribution in [0.25, 0.3) is 0 Å². The van der Waals surface area contributed by atoms with Gasteiger partial charge in [-0.3, -0.25) is 4.79 Å². The molecule has 0 aromatic heterocycles. The summed E-state index contributed by atoms with van der Waals surface area (Å²) in [5.74, 6) is 0.913. The highest BCUT2D eigenvalue weighted by molar-refractivity contribution is 5.95. The van der Waals surface area contributed by atoms with Gasteiger partial charge in [0.15, 0.2) is 11.5 Å². The van der Waals surface area contributed by atoms with Crippen LogP contribution in [-0.4, -0.2) is 33.0 Å². The first-order valence-electron chi connectivity index (χ1n) is 7.14. The normalized spacial score (nSPS) is 12.4. The van der Waals surface area contributed by atoms with Gasteiger partial charge in [0, 0.05) is 25.3 Å². The van der Waals surface area contributed by atoms with Crippen molar-refractivity contribution >= 4 is 17.8 Å². The summed E-state index contributed by atoms with van der Waals surface area (Å²) in [7, 11) is 3.96. The van der Waals surface area contributed by atoms with Crippen LogP contribution in [0.15, 0.2) is 47.6 Å². The van der Waals surface area contributed by atoms with Crippen LogP contribution in [0.5, 0.6) is 11.5 Å². The average Bonchev–Trinajstić information content (AvgIpc) is 3.02. The number of benzene rings is 2. The summed E-state index contributed by atoms with van der Waals surface area (Å²) in [5, 5.41) is 3.98. The number of anilines is 1. The second kappa shape index (κ2) is 6.39. The number of rotatable bonds is 4. The van der Waals surface area contributed by atoms with Crippen molar-refractivity contribution in [2.45, 2.75) is 0 Å². The highest BCUT2D eigenvalue weighted by atomic mass is 16.7. The number of nitrogens with one attached hydrogen (secondary N) is 1. The van der Waals surface area contributed by atoms with Gasteiger partial charge in [-0.05, 0) is 35.9 Å². The standard InChI is InChI=1S/C17H17N3O3/c1-20(2)14-6-3-12(4-7-14)10-18-19-17(21)13-5-8-15-16(9-13)23-11-22-15/h3-10H,11H2,1-2H3,(H,19,21)/b18-10-. The number of carbonyl (C=O) groups is 1. The van der Waals surface area contributed by atoms with E-state index in [1.165, 1.54) is 0 Å². The molecule has 0 spiro atoms. The molecule has 23 heavy (non-hydrogen) atoms. The first-order valence-corrected chi connectivity index (χ1v) is 7.14. The maximum Gasteiger partial charge on any atom is 0.271 e. The molecular weight excluding hydrogens is 294 g/mol. The van der Waals surface area contributed by atoms with Gasteiger partial charge in [-0.25, -0.2) is 5.43 Å². The fourth-order valence-electron chi connectivity index (χ4n) is 2.13. The fourth-order valence-corrected chi connectivity index (χ4v) is 2.13. The minimum Gasteiger partial charge on any atom is -0.454 e. The van der Waals surface area contributed by atoms with E-state index in [4.69, 9.17) is 9.47 Å². The third-order valence-corrected chi connectivity index (χ3v) is 3.42. The first kappa shape index (κ1) is 14.9. The monoisotopic (exact) mass is 311 g/mol. The van der Waals surface area contributed by atoms with E-state index in [0.29, 0.717) is 17.1 Å². The largest absolute Gasteiger partial charge is 0.454 e. The molecule has 1 heterocycles. The van der Waals surface area contributed by atoms with Crippen LogP contribution in [0.1, 0.15) is 15.9 Å². The summed E-state index contributed by atoms with van der Waals surface area (Å²) in [6.07, 6.45) is 1.60. The number of nitrogens with zero attached hydrogens (tertiary/aromatic N) is 2. The summed E-state index contributed by atoms with van der Waals surface area (Å²) in [6.45, 7) is 0.182. The minimum absolute atomic E-state index is 0.182. The second-order valence-corrected chi connectivity index (χ2v) is 5.25. The molecule has 1 aliphatic rings. The summed E-state index contributed by atoms with van der Waals surface area (Å²) in [6, 6.07) is 12.9. The van der Waals surface area contributed by atoms with Crippen molar-refractivity contribution in [3.05, 3.63) is 53.6 Å². The summed E-state index contributed by atoms with van der Waals surface area (Å²) in [4.78, 5) is 14.1. The van der Waals surface area contributed by atoms with Crippen LogP contribution in [0.2, 0.25) is 0 Å². The molecule has 1 N–H and O–H groups in total. The van der Waals surface area contributed by atoms with Gasteiger partial charge in [0.2, 0.25) is 6.79 Å². The van der Waals surface area contributed by atoms with Gasteiger partial charge in [-0.2, -0.15) is 5.10 Å². The van der Waals surface area contributed by atoms with Crippen molar-refractivity contribution in [2.24, 2.45) is 5.10 Å². The maximum atomic E-state index is 12.1. The van der Waals surface area contributed by atoms with Crippen LogP contribution in [0, 0.1) is 0 Å². The van der Waals surface area contributed by atoms with Crippen LogP contribution in [0.3, 0.4) is 0 Å². The van der Waals surface area contributed by atoms with Gasteiger partial charge < -0.3 is 14.4 Å². The number of hydrogen-bond donors (Lipinski definition) is 1. The lowest BCUT2D eigenvalue weighted by Gasteiger charge is -2.11. The lowest BCUT2D eigenvalue weighted by atomic mass is 10.2. The lowest BCUT2D eigenvalue weighted by molar-refractivity contribution is 0.0954. The van der Waals surface area contributed by atoms with Crippen molar-refractivity contribution < 1.29 is 14.3 Å². The Labute approximate surface area is 134 Å². The van der Waals surface area contributed by atoms with Crippen LogP contribution < -0.4 is 19.8 Å². The van der Waals surface area contributed by atoms with E-state index in [9.17, 15) is 4.79 Å². The van der Waals surface area contributed by atoms with E-state index in [2.05, 4.69) is 10.5 Å². The van der Waals surface area contributed by atoms with E-state index in [0.717, 1.165) is 11.3 Å². The smallest absolute Gasteiger partial charge is 0.271 e. The van der Waals surface area contributed by atoms with Crippen molar-refractivity contribution in [3.8, 4) is 11.5 Å². The minimum atomic E-state index is -0.301. The number of carbonyl (C=O) groups excluding carboxylic acids is 1. The van der Waals surface area contributed by atoms with Gasteiger partial charge in [0.1, 0.15) is 0 Å². The highest BCUT2D eigenvalue weighted by Crippen LogP contribution is 2.32. The molecule has 0 saturated heterocycles. The molecular formula is C17H17N3O3. The topological polar surface area (TPSA) is 63.2 Å². The number of ether oxygens (including phenoxy) is 2. The molecule has 118 valence electrons. The van der Waals surface area contributed by atoms with E-state index in [1.807, 2.05) is 43.3 Å². The van der Waals surface area contributed by atoms with Gasteiger partial charge in [-0.15, -0.1) is 0 Å². The van der Waals surface area contributed by atoms with E-state index in [-0.39, 0.29) is 12.7 Å². The van der Waals surface area contributed by atoms with Crippen LogP contribution in [0.4, 0.5) is 5.69 Å². The molecule has 3 rings (SSSR count). The molecule has 0 unspecified atom stereocenters. The Balaban J connectivity index is 1.62. The van der Waals surface area contributed by atoms with Crippen molar-refractivity contribution in [1.29, 1.82) is 0 Å². The fraction of sp³-hybridized carbons (Fsp3) is 0.176. The molecule has 2 aromatic carbocycles. The van der Waals surface area contributed by atoms with E-state index >= 15 is 0 Å². The van der Waals surface area contributed by atoms with Crippen molar-refractivity contribution in [3.63, 3.8) is 0 Å². The predicted octanol–water partition coefficient (Wildman–Crippen LogP) is 2.25. The Morgan fingerprint density at radius 2 is 1.87 bits per heavy atom. The summed E-state index contributed by atoms with van der Waals surface area (Å²) in [5.41, 5.74) is 4.97. The molecule has 0 bridgehead atoms. The molecule has 0 saturated carbocycles. The molecule has 0 fully saturated rings. The average molecular weight is 311 g/mol. The van der Waals surface area contributed by atoms with Crippen LogP contribution in [-0.2, 0) is 0 Å². The summed E-state index contributed by atoms with van der Waals surface area (Å²) < 4.78 is 10.5. The van der Waals surface area contributed by atoms with Gasteiger partial charge in [-0.1, -0.05) is 12.1 Å². The van der Waals surface area contributed by atoms with Gasteiger partial charge in [0.05, 0.1) is 6.21 Å². The molecule has 2 aromatic rings. The SMILES string of the molecule is CN(C)c1ccc(/C=N\NC(=O)c2ccc3c(c2)OCO3)cc1. The van der Waals surface area contributed by atoms with Crippen molar-refractivity contribution in [1.82, 2.24) is 5.43 Å². The second-order valence-electron chi connectivity index (χ2n) is 5.25. The first-order chi connectivity index (χ1) is 11.1. The third kappa shape index (κ3) is 3.42. The molecule has 1 aliphatic heterocycles. The Bertz CT molecular complexity index is 739. The zero-order chi connectivity index (χ0) is 16.2. The molecule has 6 nitrogen and oxygen atoms in total. The quantitative estimate of drug-likeness (QED) is 0.695. The summed E-state index contributed by atoms with van der Waals surface area (Å²) >= 11 is 0. The lowest BCUT2D eigenvalue weighted by Crippen LogP contribution is -2.17. The van der Waals surface area contributed by atoms with Gasteiger partial charge >= 0.3 is 0 Å². The third-order valence-electron chi connectivity index (χ3n) is 3.42. The predicted molar refractivity (Wildman–Crippen MR) is 88.4 cm³/mol. The van der Waals surface area contributed by atoms with Gasteiger partial charge in [0.25, 0.3) is 5.91 Å². The Hall–Kier alpha value is -3.02. The number of fused-ring (bicyclic) bond motifs is 1. The Kier molecular flexibility index (Phi) is 4.14. The number of amides is 1.